The molecule has 7 heteroatoms. The van der Waals surface area contributed by atoms with Crippen molar-refractivity contribution in [2.75, 3.05) is 37.7 Å². The van der Waals surface area contributed by atoms with E-state index in [9.17, 15) is 13.2 Å². The van der Waals surface area contributed by atoms with Crippen LogP contribution in [0, 0.1) is 0 Å². The van der Waals surface area contributed by atoms with E-state index >= 15 is 0 Å². The van der Waals surface area contributed by atoms with Crippen LogP contribution in [-0.4, -0.2) is 51.5 Å². The molecule has 0 aliphatic carbocycles. The second-order valence-electron chi connectivity index (χ2n) is 5.91. The van der Waals surface area contributed by atoms with Gasteiger partial charge in [-0.05, 0) is 37.1 Å². The van der Waals surface area contributed by atoms with Gasteiger partial charge in [-0.15, -0.1) is 0 Å². The summed E-state index contributed by atoms with van der Waals surface area (Å²) in [5, 5.41) is 0. The van der Waals surface area contributed by atoms with E-state index in [1.54, 1.807) is 33.5 Å². The van der Waals surface area contributed by atoms with Gasteiger partial charge in [-0.3, -0.25) is 4.79 Å². The first kappa shape index (κ1) is 16.4. The van der Waals surface area contributed by atoms with E-state index in [2.05, 4.69) is 0 Å². The number of hydrogen-bond acceptors (Lipinski definition) is 4. The Hall–Kier alpha value is -1.44. The molecular formula is C16H22N2O4S. The normalized spacial score (nSPS) is 21.2. The number of benzene rings is 1. The van der Waals surface area contributed by atoms with E-state index in [1.165, 1.54) is 0 Å². The van der Waals surface area contributed by atoms with Crippen molar-refractivity contribution in [2.45, 2.75) is 30.6 Å². The van der Waals surface area contributed by atoms with E-state index in [-0.39, 0.29) is 12.5 Å². The lowest BCUT2D eigenvalue weighted by Crippen LogP contribution is -2.41. The molecule has 126 valence electrons. The molecular weight excluding hydrogens is 316 g/mol. The number of rotatable bonds is 3. The fourth-order valence-electron chi connectivity index (χ4n) is 3.02. The van der Waals surface area contributed by atoms with E-state index in [4.69, 9.17) is 4.74 Å². The van der Waals surface area contributed by atoms with Crippen LogP contribution in [0.3, 0.4) is 0 Å². The molecule has 0 aromatic heterocycles. The highest BCUT2D eigenvalue weighted by atomic mass is 32.2. The summed E-state index contributed by atoms with van der Waals surface area (Å²) in [6, 6.07) is 6.60. The van der Waals surface area contributed by atoms with Crippen molar-refractivity contribution in [3.63, 3.8) is 0 Å². The number of hydrogen-bond donors (Lipinski definition) is 0. The van der Waals surface area contributed by atoms with Gasteiger partial charge in [0.1, 0.15) is 6.61 Å². The van der Waals surface area contributed by atoms with Gasteiger partial charge in [0.2, 0.25) is 10.0 Å². The molecule has 1 amide bonds. The van der Waals surface area contributed by atoms with Gasteiger partial charge in [0.05, 0.1) is 11.5 Å². The molecule has 2 fully saturated rings. The second kappa shape index (κ2) is 6.98. The molecule has 0 N–H and O–H groups in total. The molecule has 1 aromatic carbocycles. The van der Waals surface area contributed by atoms with Gasteiger partial charge in [0.25, 0.3) is 5.91 Å². The van der Waals surface area contributed by atoms with Crippen LogP contribution >= 0.6 is 0 Å². The number of carbonyl (C=O) groups is 1. The van der Waals surface area contributed by atoms with Gasteiger partial charge in [0, 0.05) is 25.3 Å². The smallest absolute Gasteiger partial charge is 0.253 e. The van der Waals surface area contributed by atoms with Gasteiger partial charge in [0.15, 0.2) is 0 Å². The molecule has 23 heavy (non-hydrogen) atoms. The maximum Gasteiger partial charge on any atom is 0.253 e. The number of ether oxygens (including phenoxy) is 1. The first-order chi connectivity index (χ1) is 11.1. The highest BCUT2D eigenvalue weighted by molar-refractivity contribution is 7.89. The van der Waals surface area contributed by atoms with Crippen LogP contribution in [0.5, 0.6) is 0 Å². The number of nitrogens with zero attached hydrogens (tertiary/aromatic N) is 2. The van der Waals surface area contributed by atoms with Crippen LogP contribution in [0.1, 0.15) is 25.7 Å². The Morgan fingerprint density at radius 3 is 2.17 bits per heavy atom. The van der Waals surface area contributed by atoms with Crippen molar-refractivity contribution in [2.24, 2.45) is 0 Å². The topological polar surface area (TPSA) is 66.9 Å². The van der Waals surface area contributed by atoms with E-state index in [0.29, 0.717) is 36.8 Å². The lowest BCUT2D eigenvalue weighted by Gasteiger charge is -2.27. The summed E-state index contributed by atoms with van der Waals surface area (Å²) in [5.74, 6) is -0.0978. The fraction of sp³-hybridized carbons (Fsp3) is 0.562. The van der Waals surface area contributed by atoms with Crippen LogP contribution in [-0.2, 0) is 19.6 Å². The summed E-state index contributed by atoms with van der Waals surface area (Å²) in [5.41, 5.74) is 0.716. The zero-order valence-corrected chi connectivity index (χ0v) is 13.9. The maximum atomic E-state index is 12.7. The molecule has 3 rings (SSSR count). The molecule has 0 atom stereocenters. The van der Waals surface area contributed by atoms with Gasteiger partial charge in [-0.2, -0.15) is 4.31 Å². The van der Waals surface area contributed by atoms with Gasteiger partial charge < -0.3 is 9.64 Å². The molecule has 2 aliphatic heterocycles. The monoisotopic (exact) mass is 338 g/mol. The SMILES string of the molecule is O=C1COCCN1c1ccc(S(=O)(=O)N2CCCCCC2)cc1. The van der Waals surface area contributed by atoms with Crippen molar-refractivity contribution in [3.05, 3.63) is 24.3 Å². The highest BCUT2D eigenvalue weighted by Crippen LogP contribution is 2.23. The van der Waals surface area contributed by atoms with Crippen LogP contribution in [0.4, 0.5) is 5.69 Å². The molecule has 0 unspecified atom stereocenters. The summed E-state index contributed by atoms with van der Waals surface area (Å²) >= 11 is 0. The summed E-state index contributed by atoms with van der Waals surface area (Å²) in [6.45, 7) is 2.25. The Kier molecular flexibility index (Phi) is 4.99. The third-order valence-corrected chi connectivity index (χ3v) is 6.25. The predicted molar refractivity (Wildman–Crippen MR) is 86.8 cm³/mol. The molecule has 0 radical (unpaired) electrons. The first-order valence-electron chi connectivity index (χ1n) is 8.07. The average molecular weight is 338 g/mol. The zero-order valence-electron chi connectivity index (χ0n) is 13.1. The summed E-state index contributed by atoms with van der Waals surface area (Å²) in [6.07, 6.45) is 4.01. The van der Waals surface area contributed by atoms with E-state index in [0.717, 1.165) is 25.7 Å². The molecule has 0 saturated carbocycles. The van der Waals surface area contributed by atoms with Crippen molar-refractivity contribution in [1.82, 2.24) is 4.31 Å². The number of anilines is 1. The minimum absolute atomic E-state index is 0.0772. The summed E-state index contributed by atoms with van der Waals surface area (Å²) < 4.78 is 32.1. The van der Waals surface area contributed by atoms with Crippen LogP contribution in [0.2, 0.25) is 0 Å². The van der Waals surface area contributed by atoms with Crippen molar-refractivity contribution >= 4 is 21.6 Å². The van der Waals surface area contributed by atoms with Gasteiger partial charge in [-0.1, -0.05) is 12.8 Å². The molecule has 2 aliphatic rings. The Labute approximate surface area is 137 Å². The molecule has 1 aromatic rings. The standard InChI is InChI=1S/C16H22N2O4S/c19-16-13-22-12-11-18(16)14-5-7-15(8-6-14)23(20,21)17-9-3-1-2-4-10-17/h5-8H,1-4,9-13H2. The Morgan fingerprint density at radius 1 is 0.913 bits per heavy atom. The van der Waals surface area contributed by atoms with Crippen molar-refractivity contribution in [3.8, 4) is 0 Å². The zero-order chi connectivity index (χ0) is 16.3. The number of sulfonamides is 1. The molecule has 0 spiro atoms. The molecule has 2 saturated heterocycles. The minimum Gasteiger partial charge on any atom is -0.370 e. The van der Waals surface area contributed by atoms with Gasteiger partial charge >= 0.3 is 0 Å². The van der Waals surface area contributed by atoms with Crippen LogP contribution in [0.25, 0.3) is 0 Å². The summed E-state index contributed by atoms with van der Waals surface area (Å²) in [4.78, 5) is 13.8. The maximum absolute atomic E-state index is 12.7. The lowest BCUT2D eigenvalue weighted by atomic mass is 10.2. The second-order valence-corrected chi connectivity index (χ2v) is 7.85. The van der Waals surface area contributed by atoms with E-state index in [1.807, 2.05) is 0 Å². The number of morpholine rings is 1. The van der Waals surface area contributed by atoms with E-state index < -0.39 is 10.0 Å². The summed E-state index contributed by atoms with van der Waals surface area (Å²) in [7, 11) is -3.44. The Bertz CT molecular complexity index is 649. The Morgan fingerprint density at radius 2 is 1.57 bits per heavy atom. The van der Waals surface area contributed by atoms with Gasteiger partial charge in [-0.25, -0.2) is 8.42 Å². The van der Waals surface area contributed by atoms with Crippen molar-refractivity contribution < 1.29 is 17.9 Å². The number of carbonyl (C=O) groups excluding carboxylic acids is 1. The molecule has 0 bridgehead atoms. The molecule has 6 nitrogen and oxygen atoms in total. The number of amides is 1. The Balaban J connectivity index is 1.79. The lowest BCUT2D eigenvalue weighted by molar-refractivity contribution is -0.125. The minimum atomic E-state index is -3.44. The predicted octanol–water partition coefficient (Wildman–Crippen LogP) is 1.61. The van der Waals surface area contributed by atoms with Crippen molar-refractivity contribution in [1.29, 1.82) is 0 Å². The van der Waals surface area contributed by atoms with Crippen LogP contribution in [0.15, 0.2) is 29.2 Å². The highest BCUT2D eigenvalue weighted by Gasteiger charge is 2.26. The fourth-order valence-corrected chi connectivity index (χ4v) is 4.54. The largest absolute Gasteiger partial charge is 0.370 e. The first-order valence-corrected chi connectivity index (χ1v) is 9.51. The third kappa shape index (κ3) is 3.57. The molecule has 2 heterocycles. The average Bonchev–Trinajstić information content (AvgIpc) is 2.85. The van der Waals surface area contributed by atoms with Crippen LogP contribution < -0.4 is 4.90 Å². The quantitative estimate of drug-likeness (QED) is 0.840. The third-order valence-electron chi connectivity index (χ3n) is 4.34.